The summed E-state index contributed by atoms with van der Waals surface area (Å²) in [5.74, 6) is -0.231. The lowest BCUT2D eigenvalue weighted by Gasteiger charge is -2.18. The number of hydrogen-bond acceptors (Lipinski definition) is 3. The first-order valence-electron chi connectivity index (χ1n) is 6.42. The summed E-state index contributed by atoms with van der Waals surface area (Å²) < 4.78 is 14.2. The maximum absolute atomic E-state index is 13.5. The molecule has 0 aliphatic heterocycles. The van der Waals surface area contributed by atoms with Gasteiger partial charge in [0.05, 0.1) is 11.4 Å². The van der Waals surface area contributed by atoms with E-state index in [1.165, 1.54) is 6.07 Å². The van der Waals surface area contributed by atoms with Crippen LogP contribution in [0.15, 0.2) is 28.7 Å². The van der Waals surface area contributed by atoms with E-state index in [1.54, 1.807) is 6.07 Å². The highest BCUT2D eigenvalue weighted by atomic mass is 79.9. The molecule has 2 rings (SSSR count). The Morgan fingerprint density at radius 2 is 1.95 bits per heavy atom. The van der Waals surface area contributed by atoms with Crippen LogP contribution in [0.5, 0.6) is 0 Å². The molecule has 1 heterocycles. The number of nitrogens with one attached hydrogen (secondary N) is 1. The molecule has 0 aliphatic carbocycles. The standard InChI is InChI=1S/C15H17BrFN3/c1-9-4-14(10(2)20-19-9)15(18-3)7-11-5-12(16)8-13(17)6-11/h4-6,8,15,18H,7H2,1-3H3. The van der Waals surface area contributed by atoms with Gasteiger partial charge in [0.2, 0.25) is 0 Å². The number of nitrogens with zero attached hydrogens (tertiary/aromatic N) is 2. The first kappa shape index (κ1) is 15.1. The second-order valence-corrected chi connectivity index (χ2v) is 5.77. The predicted octanol–water partition coefficient (Wildman–Crippen LogP) is 3.50. The number of hydrogen-bond donors (Lipinski definition) is 1. The predicted molar refractivity (Wildman–Crippen MR) is 81.1 cm³/mol. The van der Waals surface area contributed by atoms with Crippen LogP contribution in [0.1, 0.15) is 28.6 Å². The van der Waals surface area contributed by atoms with Crippen LogP contribution in [0.25, 0.3) is 0 Å². The molecule has 0 amide bonds. The molecule has 0 fully saturated rings. The highest BCUT2D eigenvalue weighted by molar-refractivity contribution is 9.10. The average molecular weight is 338 g/mol. The Kier molecular flexibility index (Phi) is 4.83. The Morgan fingerprint density at radius 1 is 1.20 bits per heavy atom. The van der Waals surface area contributed by atoms with Crippen LogP contribution in [-0.4, -0.2) is 17.2 Å². The minimum atomic E-state index is -0.231. The molecule has 3 nitrogen and oxygen atoms in total. The molecule has 1 aromatic carbocycles. The van der Waals surface area contributed by atoms with Gasteiger partial charge in [-0.3, -0.25) is 0 Å². The van der Waals surface area contributed by atoms with Crippen LogP contribution < -0.4 is 5.32 Å². The van der Waals surface area contributed by atoms with Crippen LogP contribution in [-0.2, 0) is 6.42 Å². The molecule has 0 spiro atoms. The van der Waals surface area contributed by atoms with E-state index in [2.05, 4.69) is 31.4 Å². The lowest BCUT2D eigenvalue weighted by atomic mass is 9.98. The van der Waals surface area contributed by atoms with E-state index < -0.39 is 0 Å². The Bertz CT molecular complexity index is 596. The molecule has 1 aromatic heterocycles. The number of aromatic nitrogens is 2. The van der Waals surface area contributed by atoms with Gasteiger partial charge in [-0.05, 0) is 62.7 Å². The van der Waals surface area contributed by atoms with E-state index in [1.807, 2.05) is 33.0 Å². The summed E-state index contributed by atoms with van der Waals surface area (Å²) in [4.78, 5) is 0. The van der Waals surface area contributed by atoms with Crippen LogP contribution in [0.3, 0.4) is 0 Å². The van der Waals surface area contributed by atoms with E-state index in [0.717, 1.165) is 27.0 Å². The molecule has 0 bridgehead atoms. The topological polar surface area (TPSA) is 37.8 Å². The summed E-state index contributed by atoms with van der Waals surface area (Å²) in [5, 5.41) is 11.5. The molecule has 106 valence electrons. The third-order valence-electron chi connectivity index (χ3n) is 3.23. The van der Waals surface area contributed by atoms with E-state index in [-0.39, 0.29) is 11.9 Å². The van der Waals surface area contributed by atoms with Gasteiger partial charge in [-0.15, -0.1) is 0 Å². The van der Waals surface area contributed by atoms with Crippen molar-refractivity contribution >= 4 is 15.9 Å². The zero-order valence-corrected chi connectivity index (χ0v) is 13.3. The smallest absolute Gasteiger partial charge is 0.124 e. The normalized spacial score (nSPS) is 12.4. The molecule has 0 aliphatic rings. The molecule has 0 saturated heterocycles. The lowest BCUT2D eigenvalue weighted by molar-refractivity contribution is 0.575. The van der Waals surface area contributed by atoms with E-state index in [9.17, 15) is 4.39 Å². The number of aryl methyl sites for hydroxylation is 2. The highest BCUT2D eigenvalue weighted by Gasteiger charge is 2.15. The van der Waals surface area contributed by atoms with Crippen LogP contribution >= 0.6 is 15.9 Å². The van der Waals surface area contributed by atoms with Crippen LogP contribution in [0, 0.1) is 19.7 Å². The lowest BCUT2D eigenvalue weighted by Crippen LogP contribution is -2.21. The number of likely N-dealkylation sites (N-methyl/N-ethyl adjacent to an activating group) is 1. The largest absolute Gasteiger partial charge is 0.313 e. The van der Waals surface area contributed by atoms with Crippen molar-refractivity contribution in [1.82, 2.24) is 15.5 Å². The Hall–Kier alpha value is -1.33. The SMILES string of the molecule is CNC(Cc1cc(F)cc(Br)c1)c1cc(C)nnc1C. The van der Waals surface area contributed by atoms with Gasteiger partial charge < -0.3 is 5.32 Å². The Balaban J connectivity index is 2.31. The quantitative estimate of drug-likeness (QED) is 0.927. The minimum absolute atomic E-state index is 0.0814. The Labute approximate surface area is 126 Å². The zero-order valence-electron chi connectivity index (χ0n) is 11.7. The first-order valence-corrected chi connectivity index (χ1v) is 7.22. The maximum atomic E-state index is 13.5. The summed E-state index contributed by atoms with van der Waals surface area (Å²) in [6.45, 7) is 3.86. The minimum Gasteiger partial charge on any atom is -0.313 e. The molecule has 0 saturated carbocycles. The highest BCUT2D eigenvalue weighted by Crippen LogP contribution is 2.23. The van der Waals surface area contributed by atoms with Gasteiger partial charge in [0, 0.05) is 10.5 Å². The summed E-state index contributed by atoms with van der Waals surface area (Å²) >= 11 is 3.32. The monoisotopic (exact) mass is 337 g/mol. The van der Waals surface area contributed by atoms with Crippen molar-refractivity contribution in [3.05, 3.63) is 57.1 Å². The molecule has 1 unspecified atom stereocenters. The molecular weight excluding hydrogens is 321 g/mol. The fourth-order valence-electron chi connectivity index (χ4n) is 2.25. The second kappa shape index (κ2) is 6.41. The van der Waals surface area contributed by atoms with Gasteiger partial charge >= 0.3 is 0 Å². The van der Waals surface area contributed by atoms with Crippen LogP contribution in [0.2, 0.25) is 0 Å². The number of benzene rings is 1. The molecule has 1 atom stereocenters. The van der Waals surface area contributed by atoms with Crippen molar-refractivity contribution in [3.8, 4) is 0 Å². The molecule has 5 heteroatoms. The van der Waals surface area contributed by atoms with E-state index in [4.69, 9.17) is 0 Å². The molecular formula is C15H17BrFN3. The number of rotatable bonds is 4. The van der Waals surface area contributed by atoms with Gasteiger partial charge in [0.1, 0.15) is 5.82 Å². The molecule has 2 aromatic rings. The van der Waals surface area contributed by atoms with Crippen molar-refractivity contribution in [2.75, 3.05) is 7.05 Å². The average Bonchev–Trinajstić information content (AvgIpc) is 2.38. The van der Waals surface area contributed by atoms with Crippen molar-refractivity contribution in [2.24, 2.45) is 0 Å². The van der Waals surface area contributed by atoms with Gasteiger partial charge in [-0.2, -0.15) is 10.2 Å². The molecule has 20 heavy (non-hydrogen) atoms. The van der Waals surface area contributed by atoms with Crippen molar-refractivity contribution in [1.29, 1.82) is 0 Å². The fraction of sp³-hybridized carbons (Fsp3) is 0.333. The van der Waals surface area contributed by atoms with Gasteiger partial charge in [-0.25, -0.2) is 4.39 Å². The summed E-state index contributed by atoms with van der Waals surface area (Å²) in [6, 6.07) is 7.06. The van der Waals surface area contributed by atoms with Crippen molar-refractivity contribution < 1.29 is 4.39 Å². The molecule has 0 radical (unpaired) electrons. The van der Waals surface area contributed by atoms with Gasteiger partial charge in [-0.1, -0.05) is 15.9 Å². The third-order valence-corrected chi connectivity index (χ3v) is 3.68. The summed E-state index contributed by atoms with van der Waals surface area (Å²) in [5.41, 5.74) is 3.81. The van der Waals surface area contributed by atoms with Crippen molar-refractivity contribution in [3.63, 3.8) is 0 Å². The summed E-state index contributed by atoms with van der Waals surface area (Å²) in [7, 11) is 1.90. The van der Waals surface area contributed by atoms with Gasteiger partial charge in [0.15, 0.2) is 0 Å². The molecule has 1 N–H and O–H groups in total. The maximum Gasteiger partial charge on any atom is 0.124 e. The second-order valence-electron chi connectivity index (χ2n) is 4.85. The first-order chi connectivity index (χ1) is 9.49. The van der Waals surface area contributed by atoms with Crippen LogP contribution in [0.4, 0.5) is 4.39 Å². The zero-order chi connectivity index (χ0) is 14.7. The number of halogens is 2. The van der Waals surface area contributed by atoms with E-state index in [0.29, 0.717) is 6.42 Å². The van der Waals surface area contributed by atoms with E-state index >= 15 is 0 Å². The van der Waals surface area contributed by atoms with Crippen molar-refractivity contribution in [2.45, 2.75) is 26.3 Å². The Morgan fingerprint density at radius 3 is 2.60 bits per heavy atom. The third kappa shape index (κ3) is 3.61. The fourth-order valence-corrected chi connectivity index (χ4v) is 2.77. The van der Waals surface area contributed by atoms with Gasteiger partial charge in [0.25, 0.3) is 0 Å². The summed E-state index contributed by atoms with van der Waals surface area (Å²) in [6.07, 6.45) is 0.693.